The van der Waals surface area contributed by atoms with Gasteiger partial charge in [0.2, 0.25) is 0 Å². The molecule has 0 bridgehead atoms. The first-order chi connectivity index (χ1) is 16.2. The van der Waals surface area contributed by atoms with Gasteiger partial charge >= 0.3 is 6.36 Å². The summed E-state index contributed by atoms with van der Waals surface area (Å²) in [4.78, 5) is 3.37. The summed E-state index contributed by atoms with van der Waals surface area (Å²) in [5, 5.41) is 3.51. The molecule has 0 aliphatic heterocycles. The van der Waals surface area contributed by atoms with Crippen LogP contribution in [-0.4, -0.2) is 11.5 Å². The molecule has 2 nitrogen and oxygen atoms in total. The Kier molecular flexibility index (Phi) is 6.42. The number of isothiocyanates is 1. The van der Waals surface area contributed by atoms with Crippen LogP contribution in [0.3, 0.4) is 0 Å². The predicted molar refractivity (Wildman–Crippen MR) is 123 cm³/mol. The molecule has 0 amide bonds. The highest BCUT2D eigenvalue weighted by Crippen LogP contribution is 2.33. The maximum Gasteiger partial charge on any atom is 0.573 e. The van der Waals surface area contributed by atoms with E-state index in [2.05, 4.69) is 33.8 Å². The molecular weight excluding hydrogens is 469 g/mol. The van der Waals surface area contributed by atoms with Crippen molar-refractivity contribution in [1.29, 1.82) is 0 Å². The van der Waals surface area contributed by atoms with Gasteiger partial charge in [-0.2, -0.15) is 4.99 Å². The lowest BCUT2D eigenvalue weighted by molar-refractivity contribution is -0.274. The molecule has 34 heavy (non-hydrogen) atoms. The predicted octanol–water partition coefficient (Wildman–Crippen LogP) is 7.82. The monoisotopic (exact) mass is 481 g/mol. The topological polar surface area (TPSA) is 21.6 Å². The van der Waals surface area contributed by atoms with Gasteiger partial charge in [-0.05, 0) is 64.4 Å². The number of benzene rings is 4. The highest BCUT2D eigenvalue weighted by molar-refractivity contribution is 7.78. The van der Waals surface area contributed by atoms with Gasteiger partial charge in [0.05, 0.1) is 5.16 Å². The zero-order chi connectivity index (χ0) is 24.3. The molecule has 0 spiro atoms. The Hall–Kier alpha value is -4.05. The highest BCUT2D eigenvalue weighted by Gasteiger charge is 2.31. The molecule has 0 aromatic heterocycles. The van der Waals surface area contributed by atoms with Gasteiger partial charge in [0.1, 0.15) is 11.4 Å². The number of aliphatic imine (C=N–C) groups is 1. The van der Waals surface area contributed by atoms with Crippen molar-refractivity contribution in [1.82, 2.24) is 0 Å². The maximum atomic E-state index is 14.1. The molecule has 0 atom stereocenters. The lowest BCUT2D eigenvalue weighted by Gasteiger charge is -2.11. The summed E-state index contributed by atoms with van der Waals surface area (Å²) in [6.45, 7) is 0. The van der Waals surface area contributed by atoms with Gasteiger partial charge in [-0.25, -0.2) is 8.78 Å². The van der Waals surface area contributed by atoms with E-state index in [0.717, 1.165) is 28.5 Å². The minimum atomic E-state index is -4.77. The van der Waals surface area contributed by atoms with Crippen molar-refractivity contribution in [3.63, 3.8) is 0 Å². The van der Waals surface area contributed by atoms with E-state index in [0.29, 0.717) is 11.1 Å². The summed E-state index contributed by atoms with van der Waals surface area (Å²) >= 11 is 4.39. The summed E-state index contributed by atoms with van der Waals surface area (Å²) in [6, 6.07) is 18.5. The van der Waals surface area contributed by atoms with E-state index >= 15 is 0 Å². The van der Waals surface area contributed by atoms with Crippen molar-refractivity contribution < 1.29 is 26.7 Å². The van der Waals surface area contributed by atoms with Crippen LogP contribution < -0.4 is 4.74 Å². The minimum absolute atomic E-state index is 0.117. The molecule has 0 aliphatic carbocycles. The quantitative estimate of drug-likeness (QED) is 0.129. The molecule has 4 aromatic carbocycles. The molecule has 0 saturated carbocycles. The first kappa shape index (κ1) is 23.1. The third-order valence-corrected chi connectivity index (χ3v) is 4.93. The highest BCUT2D eigenvalue weighted by atomic mass is 32.1. The Balaban J connectivity index is 1.72. The fraction of sp³-hybridized carbons (Fsp3) is 0.0385. The number of rotatable bonds is 3. The Bertz CT molecular complexity index is 1470. The number of hydrogen-bond donors (Lipinski definition) is 0. The zero-order valence-electron chi connectivity index (χ0n) is 17.1. The van der Waals surface area contributed by atoms with Crippen molar-refractivity contribution in [2.45, 2.75) is 6.36 Å². The Morgan fingerprint density at radius 3 is 2.06 bits per heavy atom. The Morgan fingerprint density at radius 2 is 1.44 bits per heavy atom. The van der Waals surface area contributed by atoms with E-state index < -0.39 is 23.7 Å². The van der Waals surface area contributed by atoms with Gasteiger partial charge in [0.15, 0.2) is 11.6 Å². The van der Waals surface area contributed by atoms with E-state index in [1.54, 1.807) is 12.1 Å². The molecule has 0 N–H and O–H groups in total. The first-order valence-corrected chi connectivity index (χ1v) is 10.1. The summed E-state index contributed by atoms with van der Waals surface area (Å²) in [7, 11) is 0. The maximum absolute atomic E-state index is 14.1. The van der Waals surface area contributed by atoms with Crippen LogP contribution in [0, 0.1) is 23.5 Å². The number of alkyl halides is 3. The Labute approximate surface area is 196 Å². The van der Waals surface area contributed by atoms with E-state index in [1.165, 1.54) is 24.3 Å². The van der Waals surface area contributed by atoms with Crippen molar-refractivity contribution >= 4 is 33.8 Å². The van der Waals surface area contributed by atoms with Crippen LogP contribution in [0.15, 0.2) is 77.8 Å². The van der Waals surface area contributed by atoms with E-state index in [1.807, 2.05) is 29.4 Å². The molecule has 0 heterocycles. The fourth-order valence-corrected chi connectivity index (χ4v) is 3.52. The molecule has 0 unspecified atom stereocenters. The lowest BCUT2D eigenvalue weighted by atomic mass is 9.95. The SMILES string of the molecule is Fc1cc(C#Cc2ccc(-c3ccc(OC(F)(F)F)cc3)c3ccccc23)cc(F)c1N=C=S. The standard InChI is InChI=1S/C26H12F5NOS/c27-23-13-16(14-24(28)25(23)32-15-34)5-6-17-9-12-21(22-4-2-1-3-20(17)22)18-7-10-19(11-8-18)33-26(29,30)31/h1-4,7-14H. The molecule has 168 valence electrons. The van der Waals surface area contributed by atoms with Crippen molar-refractivity contribution in [3.05, 3.63) is 95.6 Å². The number of halogens is 5. The van der Waals surface area contributed by atoms with E-state index in [4.69, 9.17) is 0 Å². The minimum Gasteiger partial charge on any atom is -0.406 e. The summed E-state index contributed by atoms with van der Waals surface area (Å²) in [5.41, 5.74) is 1.66. The summed E-state index contributed by atoms with van der Waals surface area (Å²) in [6.07, 6.45) is -4.77. The van der Waals surface area contributed by atoms with Crippen LogP contribution in [0.4, 0.5) is 27.6 Å². The van der Waals surface area contributed by atoms with Gasteiger partial charge < -0.3 is 4.74 Å². The molecule has 0 radical (unpaired) electrons. The molecule has 8 heteroatoms. The lowest BCUT2D eigenvalue weighted by Crippen LogP contribution is -2.16. The third kappa shape index (κ3) is 5.12. The van der Waals surface area contributed by atoms with Gasteiger partial charge in [0, 0.05) is 11.1 Å². The largest absolute Gasteiger partial charge is 0.573 e. The average molecular weight is 481 g/mol. The fourth-order valence-electron chi connectivity index (χ4n) is 3.43. The van der Waals surface area contributed by atoms with Crippen LogP contribution in [-0.2, 0) is 0 Å². The molecular formula is C26H12F5NOS. The van der Waals surface area contributed by atoms with Gasteiger partial charge in [0.25, 0.3) is 0 Å². The van der Waals surface area contributed by atoms with Crippen molar-refractivity contribution in [2.75, 3.05) is 0 Å². The molecule has 0 fully saturated rings. The molecule has 4 rings (SSSR count). The van der Waals surface area contributed by atoms with Gasteiger partial charge in [-0.3, -0.25) is 0 Å². The van der Waals surface area contributed by atoms with E-state index in [9.17, 15) is 22.0 Å². The van der Waals surface area contributed by atoms with Gasteiger partial charge in [-0.15, -0.1) is 13.2 Å². The number of thiocarbonyl (C=S) groups is 1. The Morgan fingerprint density at radius 1 is 0.794 bits per heavy atom. The van der Waals surface area contributed by atoms with Crippen LogP contribution in [0.25, 0.3) is 21.9 Å². The summed E-state index contributed by atoms with van der Waals surface area (Å²) < 4.78 is 69.3. The van der Waals surface area contributed by atoms with Crippen LogP contribution in [0.2, 0.25) is 0 Å². The van der Waals surface area contributed by atoms with E-state index in [-0.39, 0.29) is 11.3 Å². The molecule has 4 aromatic rings. The second-order valence-corrected chi connectivity index (χ2v) is 7.20. The van der Waals surface area contributed by atoms with Crippen LogP contribution >= 0.6 is 12.2 Å². The van der Waals surface area contributed by atoms with Crippen LogP contribution in [0.1, 0.15) is 11.1 Å². The number of fused-ring (bicyclic) bond motifs is 1. The third-order valence-electron chi connectivity index (χ3n) is 4.84. The van der Waals surface area contributed by atoms with Crippen molar-refractivity contribution in [3.8, 4) is 28.7 Å². The second kappa shape index (κ2) is 9.44. The molecule has 0 saturated heterocycles. The molecule has 0 aliphatic rings. The van der Waals surface area contributed by atoms with Crippen molar-refractivity contribution in [2.24, 2.45) is 4.99 Å². The smallest absolute Gasteiger partial charge is 0.406 e. The second-order valence-electron chi connectivity index (χ2n) is 7.02. The first-order valence-electron chi connectivity index (χ1n) is 9.72. The average Bonchev–Trinajstić information content (AvgIpc) is 2.79. The normalized spacial score (nSPS) is 10.9. The number of nitrogens with zero attached hydrogens (tertiary/aromatic N) is 1. The number of ether oxygens (including phenoxy) is 1. The number of hydrogen-bond acceptors (Lipinski definition) is 3. The van der Waals surface area contributed by atoms with Gasteiger partial charge in [-0.1, -0.05) is 54.3 Å². The van der Waals surface area contributed by atoms with Crippen LogP contribution in [0.5, 0.6) is 5.75 Å². The summed E-state index contributed by atoms with van der Waals surface area (Å²) in [5.74, 6) is 3.56. The zero-order valence-corrected chi connectivity index (χ0v) is 17.9.